The van der Waals surface area contributed by atoms with Gasteiger partial charge in [0.15, 0.2) is 18.1 Å². The molecule has 0 saturated heterocycles. The van der Waals surface area contributed by atoms with E-state index in [0.29, 0.717) is 50.7 Å². The van der Waals surface area contributed by atoms with E-state index in [-0.39, 0.29) is 19.1 Å². The maximum Gasteiger partial charge on any atom is 0.338 e. The fourth-order valence-electron chi connectivity index (χ4n) is 3.83. The van der Waals surface area contributed by atoms with Crippen LogP contribution < -0.4 is 14.5 Å². The summed E-state index contributed by atoms with van der Waals surface area (Å²) in [7, 11) is 0. The Hall–Kier alpha value is -4.42. The van der Waals surface area contributed by atoms with Crippen LogP contribution >= 0.6 is 15.9 Å². The molecule has 192 valence electrons. The summed E-state index contributed by atoms with van der Waals surface area (Å²) in [6.45, 7) is 4.12. The molecule has 0 N–H and O–H groups in total. The van der Waals surface area contributed by atoms with Crippen LogP contribution in [-0.4, -0.2) is 37.4 Å². The molecule has 0 radical (unpaired) electrons. The molecule has 0 saturated carbocycles. The molecule has 1 aliphatic heterocycles. The number of benzene rings is 3. The highest BCUT2D eigenvalue weighted by Gasteiger charge is 2.32. The number of nitrogens with zero attached hydrogens (tertiary/aromatic N) is 3. The average Bonchev–Trinajstić information content (AvgIpc) is 3.25. The van der Waals surface area contributed by atoms with Crippen molar-refractivity contribution in [2.24, 2.45) is 5.10 Å². The van der Waals surface area contributed by atoms with E-state index in [4.69, 9.17) is 19.5 Å². The molecule has 0 fully saturated rings. The van der Waals surface area contributed by atoms with E-state index in [9.17, 15) is 9.59 Å². The summed E-state index contributed by atoms with van der Waals surface area (Å²) >= 11 is 3.49. The molecule has 0 atom stereocenters. The molecule has 0 aliphatic carbocycles. The van der Waals surface area contributed by atoms with E-state index in [0.717, 1.165) is 5.56 Å². The molecule has 8 nitrogen and oxygen atoms in total. The minimum absolute atomic E-state index is 0.133. The van der Waals surface area contributed by atoms with Crippen molar-refractivity contribution in [3.05, 3.63) is 93.5 Å². The van der Waals surface area contributed by atoms with Crippen LogP contribution in [0.3, 0.4) is 0 Å². The monoisotopic (exact) mass is 573 g/mol. The fourth-order valence-corrected chi connectivity index (χ4v) is 4.40. The molecule has 0 unspecified atom stereocenters. The molecule has 3 aromatic rings. The van der Waals surface area contributed by atoms with Gasteiger partial charge < -0.3 is 14.2 Å². The third-order valence-corrected chi connectivity index (χ3v) is 6.06. The first-order chi connectivity index (χ1) is 18.5. The van der Waals surface area contributed by atoms with Crippen LogP contribution in [0.15, 0.2) is 81.9 Å². The zero-order valence-electron chi connectivity index (χ0n) is 20.8. The van der Waals surface area contributed by atoms with E-state index in [1.165, 1.54) is 5.01 Å². The summed E-state index contributed by atoms with van der Waals surface area (Å²) in [5, 5.41) is 14.9. The van der Waals surface area contributed by atoms with Crippen LogP contribution in [0.2, 0.25) is 0 Å². The van der Waals surface area contributed by atoms with E-state index < -0.39 is 5.97 Å². The zero-order chi connectivity index (χ0) is 27.1. The third kappa shape index (κ3) is 5.76. The number of rotatable bonds is 9. The fraction of sp³-hybridized carbons (Fsp3) is 0.172. The average molecular weight is 574 g/mol. The van der Waals surface area contributed by atoms with Gasteiger partial charge in [0, 0.05) is 5.56 Å². The van der Waals surface area contributed by atoms with Crippen molar-refractivity contribution in [3.63, 3.8) is 0 Å². The Labute approximate surface area is 228 Å². The SMILES string of the molecule is CCOC(=O)c1ccc(N2N=C(c3ccccc3)C(=Cc3cc(Br)c(OCC#N)c(OCC)c3)C2=O)cc1. The molecule has 0 bridgehead atoms. The van der Waals surface area contributed by atoms with Gasteiger partial charge in [-0.2, -0.15) is 15.4 Å². The number of halogens is 1. The molecule has 3 aromatic carbocycles. The van der Waals surface area contributed by atoms with Crippen molar-refractivity contribution in [2.75, 3.05) is 24.8 Å². The number of hydrogen-bond donors (Lipinski definition) is 0. The molecule has 0 aromatic heterocycles. The van der Waals surface area contributed by atoms with Crippen LogP contribution in [0.25, 0.3) is 6.08 Å². The number of carbonyl (C=O) groups is 2. The molecule has 1 aliphatic rings. The van der Waals surface area contributed by atoms with Gasteiger partial charge >= 0.3 is 5.97 Å². The summed E-state index contributed by atoms with van der Waals surface area (Å²) in [5.41, 5.74) is 3.23. The second-order valence-electron chi connectivity index (χ2n) is 7.97. The standard InChI is InChI=1S/C29H24BrN3O5/c1-3-36-25-18-19(17-24(30)27(25)38-15-14-31)16-23-26(20-8-6-5-7-9-20)32-33(28(23)34)22-12-10-21(11-13-22)29(35)37-4-2/h5-13,16-18H,3-4,15H2,1-2H3. The minimum atomic E-state index is -0.432. The first kappa shape index (κ1) is 26.6. The topological polar surface area (TPSA) is 101 Å². The lowest BCUT2D eigenvalue weighted by Gasteiger charge is -2.14. The maximum atomic E-state index is 13.7. The second-order valence-corrected chi connectivity index (χ2v) is 8.82. The summed E-state index contributed by atoms with van der Waals surface area (Å²) in [5.74, 6) is 0.0953. The Kier molecular flexibility index (Phi) is 8.56. The Morgan fingerprint density at radius 3 is 2.45 bits per heavy atom. The molecular weight excluding hydrogens is 550 g/mol. The summed E-state index contributed by atoms with van der Waals surface area (Å²) < 4.78 is 16.9. The smallest absolute Gasteiger partial charge is 0.338 e. The molecule has 38 heavy (non-hydrogen) atoms. The van der Waals surface area contributed by atoms with Crippen molar-refractivity contribution in [3.8, 4) is 17.6 Å². The Balaban J connectivity index is 1.76. The third-order valence-electron chi connectivity index (χ3n) is 5.47. The van der Waals surface area contributed by atoms with Gasteiger partial charge in [0.2, 0.25) is 0 Å². The zero-order valence-corrected chi connectivity index (χ0v) is 22.4. The number of carbonyl (C=O) groups excluding carboxylic acids is 2. The first-order valence-corrected chi connectivity index (χ1v) is 12.7. The van der Waals surface area contributed by atoms with E-state index in [1.54, 1.807) is 49.4 Å². The summed E-state index contributed by atoms with van der Waals surface area (Å²) in [6.07, 6.45) is 1.74. The number of hydrogen-bond acceptors (Lipinski definition) is 7. The van der Waals surface area contributed by atoms with Crippen molar-refractivity contribution >= 4 is 45.3 Å². The number of anilines is 1. The van der Waals surface area contributed by atoms with Gasteiger partial charge in [0.1, 0.15) is 11.8 Å². The lowest BCUT2D eigenvalue weighted by atomic mass is 10.00. The maximum absolute atomic E-state index is 13.7. The normalized spacial score (nSPS) is 13.7. The van der Waals surface area contributed by atoms with Crippen molar-refractivity contribution in [1.29, 1.82) is 5.26 Å². The highest BCUT2D eigenvalue weighted by atomic mass is 79.9. The van der Waals surface area contributed by atoms with Crippen LogP contribution in [0.4, 0.5) is 5.69 Å². The van der Waals surface area contributed by atoms with E-state index in [1.807, 2.05) is 43.3 Å². The lowest BCUT2D eigenvalue weighted by molar-refractivity contribution is -0.114. The lowest BCUT2D eigenvalue weighted by Crippen LogP contribution is -2.21. The molecule has 1 heterocycles. The van der Waals surface area contributed by atoms with Gasteiger partial charge in [-0.15, -0.1) is 0 Å². The van der Waals surface area contributed by atoms with Gasteiger partial charge in [-0.3, -0.25) is 4.79 Å². The van der Waals surface area contributed by atoms with Crippen molar-refractivity contribution < 1.29 is 23.8 Å². The minimum Gasteiger partial charge on any atom is -0.490 e. The van der Waals surface area contributed by atoms with Crippen LogP contribution in [0, 0.1) is 11.3 Å². The highest BCUT2D eigenvalue weighted by molar-refractivity contribution is 9.10. The quantitative estimate of drug-likeness (QED) is 0.238. The molecule has 1 amide bonds. The van der Waals surface area contributed by atoms with Gasteiger partial charge in [-0.25, -0.2) is 4.79 Å². The molecule has 4 rings (SSSR count). The molecule has 9 heteroatoms. The molecular formula is C29H24BrN3O5. The predicted molar refractivity (Wildman–Crippen MR) is 147 cm³/mol. The Bertz CT molecular complexity index is 1440. The summed E-state index contributed by atoms with van der Waals surface area (Å²) in [6, 6.07) is 21.4. The predicted octanol–water partition coefficient (Wildman–Crippen LogP) is 5.76. The number of esters is 1. The van der Waals surface area contributed by atoms with Gasteiger partial charge in [0.25, 0.3) is 5.91 Å². The Morgan fingerprint density at radius 2 is 1.79 bits per heavy atom. The Morgan fingerprint density at radius 1 is 1.05 bits per heavy atom. The van der Waals surface area contributed by atoms with Crippen molar-refractivity contribution in [2.45, 2.75) is 13.8 Å². The van der Waals surface area contributed by atoms with Crippen LogP contribution in [0.1, 0.15) is 35.3 Å². The largest absolute Gasteiger partial charge is 0.490 e. The number of hydrazone groups is 1. The number of amides is 1. The summed E-state index contributed by atoms with van der Waals surface area (Å²) in [4.78, 5) is 25.7. The second kappa shape index (κ2) is 12.2. The molecule has 0 spiro atoms. The van der Waals surface area contributed by atoms with Gasteiger partial charge in [-0.1, -0.05) is 30.3 Å². The van der Waals surface area contributed by atoms with E-state index >= 15 is 0 Å². The highest BCUT2D eigenvalue weighted by Crippen LogP contribution is 2.38. The van der Waals surface area contributed by atoms with E-state index in [2.05, 4.69) is 21.0 Å². The van der Waals surface area contributed by atoms with Crippen LogP contribution in [0.5, 0.6) is 11.5 Å². The number of nitriles is 1. The van der Waals surface area contributed by atoms with Crippen molar-refractivity contribution in [1.82, 2.24) is 0 Å². The first-order valence-electron chi connectivity index (χ1n) is 11.9. The van der Waals surface area contributed by atoms with Crippen LogP contribution in [-0.2, 0) is 9.53 Å². The number of ether oxygens (including phenoxy) is 3. The van der Waals surface area contributed by atoms with Gasteiger partial charge in [-0.05, 0) is 77.8 Å². The van der Waals surface area contributed by atoms with Gasteiger partial charge in [0.05, 0.1) is 34.5 Å².